The van der Waals surface area contributed by atoms with Crippen LogP contribution in [0.5, 0.6) is 17.2 Å². The third-order valence-corrected chi connectivity index (χ3v) is 6.62. The maximum Gasteiger partial charge on any atom is 0.397 e. The zero-order valence-corrected chi connectivity index (χ0v) is 21.3. The molecule has 36 heavy (non-hydrogen) atoms. The average Bonchev–Trinajstić information content (AvgIpc) is 3.34. The first kappa shape index (κ1) is 25.3. The molecule has 0 saturated carbocycles. The topological polar surface area (TPSA) is 84.9 Å². The first-order valence-corrected chi connectivity index (χ1v) is 12.5. The zero-order valence-electron chi connectivity index (χ0n) is 21.3. The molecule has 3 aromatic carbocycles. The van der Waals surface area contributed by atoms with Crippen molar-refractivity contribution in [1.29, 1.82) is 0 Å². The molecule has 0 radical (unpaired) electrons. The molecular weight excluding hydrogens is 454 g/mol. The van der Waals surface area contributed by atoms with Gasteiger partial charge in [-0.15, -0.1) is 0 Å². The average molecular weight is 488 g/mol. The van der Waals surface area contributed by atoms with E-state index in [2.05, 4.69) is 31.3 Å². The van der Waals surface area contributed by atoms with Gasteiger partial charge in [-0.1, -0.05) is 44.2 Å². The smallest absolute Gasteiger partial charge is 0.397 e. The number of phenolic OH excluding ortho intramolecular Hbond substituents is 1. The first-order chi connectivity index (χ1) is 17.3. The second-order valence-electron chi connectivity index (χ2n) is 9.51. The van der Waals surface area contributed by atoms with E-state index in [9.17, 15) is 14.7 Å². The second kappa shape index (κ2) is 10.9. The van der Waals surface area contributed by atoms with E-state index in [4.69, 9.17) is 9.47 Å². The molecule has 1 aliphatic carbocycles. The standard InChI is InChI=1S/C30H33NO5/c1-5-35-30(34)29(33)31-25-16-19(4)28(23-13-9-12-22(23)25)36-21-14-15-26(32)24(17-21)27(18(2)3)20-10-7-6-8-11-20/h6-8,10-11,14-18,27,32H,5,9,12-13H2,1-4H3,(H,31,33). The van der Waals surface area contributed by atoms with Crippen molar-refractivity contribution >= 4 is 17.6 Å². The SMILES string of the molecule is CCOC(=O)C(=O)Nc1cc(C)c(Oc2ccc(O)c(C(c3ccccc3)C(C)C)c2)c2c1CCC2. The van der Waals surface area contributed by atoms with Gasteiger partial charge in [0.25, 0.3) is 0 Å². The summed E-state index contributed by atoms with van der Waals surface area (Å²) < 4.78 is 11.3. The first-order valence-electron chi connectivity index (χ1n) is 12.5. The highest BCUT2D eigenvalue weighted by Gasteiger charge is 2.26. The van der Waals surface area contributed by atoms with Crippen molar-refractivity contribution in [3.63, 3.8) is 0 Å². The van der Waals surface area contributed by atoms with Crippen LogP contribution >= 0.6 is 0 Å². The molecule has 6 nitrogen and oxygen atoms in total. The van der Waals surface area contributed by atoms with Crippen molar-refractivity contribution in [2.45, 2.75) is 52.9 Å². The molecular formula is C30H33NO5. The maximum absolute atomic E-state index is 12.3. The molecule has 0 spiro atoms. The number of nitrogens with one attached hydrogen (secondary N) is 1. The predicted molar refractivity (Wildman–Crippen MR) is 140 cm³/mol. The lowest BCUT2D eigenvalue weighted by Gasteiger charge is -2.24. The van der Waals surface area contributed by atoms with Crippen molar-refractivity contribution in [3.05, 3.63) is 82.4 Å². The summed E-state index contributed by atoms with van der Waals surface area (Å²) in [7, 11) is 0. The third-order valence-electron chi connectivity index (χ3n) is 6.62. The molecule has 1 unspecified atom stereocenters. The summed E-state index contributed by atoms with van der Waals surface area (Å²) in [5, 5.41) is 13.5. The largest absolute Gasteiger partial charge is 0.508 e. The Morgan fingerprint density at radius 2 is 1.75 bits per heavy atom. The number of ether oxygens (including phenoxy) is 2. The van der Waals surface area contributed by atoms with Crippen LogP contribution in [0.2, 0.25) is 0 Å². The highest BCUT2D eigenvalue weighted by Crippen LogP contribution is 2.43. The molecule has 4 rings (SSSR count). The van der Waals surface area contributed by atoms with Gasteiger partial charge < -0.3 is 19.9 Å². The number of hydrogen-bond donors (Lipinski definition) is 2. The Labute approximate surface area is 212 Å². The molecule has 0 saturated heterocycles. The number of rotatable bonds is 7. The molecule has 188 valence electrons. The molecule has 0 fully saturated rings. The van der Waals surface area contributed by atoms with Crippen LogP contribution in [0.3, 0.4) is 0 Å². The summed E-state index contributed by atoms with van der Waals surface area (Å²) in [4.78, 5) is 24.1. The van der Waals surface area contributed by atoms with E-state index in [1.54, 1.807) is 19.1 Å². The van der Waals surface area contributed by atoms with Crippen LogP contribution < -0.4 is 10.1 Å². The van der Waals surface area contributed by atoms with E-state index < -0.39 is 11.9 Å². The Morgan fingerprint density at radius 3 is 2.44 bits per heavy atom. The number of esters is 1. The van der Waals surface area contributed by atoms with Crippen molar-refractivity contribution in [3.8, 4) is 17.2 Å². The van der Waals surface area contributed by atoms with Crippen LogP contribution in [0.1, 0.15) is 60.9 Å². The lowest BCUT2D eigenvalue weighted by Crippen LogP contribution is -2.25. The quantitative estimate of drug-likeness (QED) is 0.303. The van der Waals surface area contributed by atoms with Crippen LogP contribution in [0.4, 0.5) is 5.69 Å². The van der Waals surface area contributed by atoms with Crippen molar-refractivity contribution in [2.75, 3.05) is 11.9 Å². The van der Waals surface area contributed by atoms with E-state index in [1.165, 1.54) is 0 Å². The number of fused-ring (bicyclic) bond motifs is 1. The van der Waals surface area contributed by atoms with Crippen LogP contribution in [0.25, 0.3) is 0 Å². The highest BCUT2D eigenvalue weighted by atomic mass is 16.5. The van der Waals surface area contributed by atoms with Crippen LogP contribution in [0, 0.1) is 12.8 Å². The Kier molecular flexibility index (Phi) is 7.63. The van der Waals surface area contributed by atoms with Crippen LogP contribution in [-0.4, -0.2) is 23.6 Å². The van der Waals surface area contributed by atoms with Gasteiger partial charge in [-0.05, 0) is 80.0 Å². The van der Waals surface area contributed by atoms with Crippen LogP contribution in [0.15, 0.2) is 54.6 Å². The van der Waals surface area contributed by atoms with E-state index in [1.807, 2.05) is 37.3 Å². The molecule has 1 atom stereocenters. The van der Waals surface area contributed by atoms with Gasteiger partial charge in [-0.2, -0.15) is 0 Å². The number of carbonyl (C=O) groups excluding carboxylic acids is 2. The van der Waals surface area contributed by atoms with E-state index in [0.717, 1.165) is 52.8 Å². The molecule has 0 heterocycles. The van der Waals surface area contributed by atoms with Gasteiger partial charge in [0.15, 0.2) is 0 Å². The number of aromatic hydroxyl groups is 1. The van der Waals surface area contributed by atoms with E-state index in [-0.39, 0.29) is 24.2 Å². The molecule has 1 aliphatic rings. The summed E-state index contributed by atoms with van der Waals surface area (Å²) in [5.41, 5.74) is 5.46. The molecule has 3 aromatic rings. The normalized spacial score (nSPS) is 13.2. The van der Waals surface area contributed by atoms with Gasteiger partial charge in [-0.3, -0.25) is 4.79 Å². The summed E-state index contributed by atoms with van der Waals surface area (Å²) in [6, 6.07) is 17.4. The Bertz CT molecular complexity index is 1270. The minimum absolute atomic E-state index is 0.0158. The number of amides is 1. The van der Waals surface area contributed by atoms with Gasteiger partial charge in [0.2, 0.25) is 0 Å². The number of benzene rings is 3. The predicted octanol–water partition coefficient (Wildman–Crippen LogP) is 6.27. The number of aryl methyl sites for hydroxylation is 1. The second-order valence-corrected chi connectivity index (χ2v) is 9.51. The van der Waals surface area contributed by atoms with Crippen molar-refractivity contribution in [1.82, 2.24) is 0 Å². The highest BCUT2D eigenvalue weighted by molar-refractivity contribution is 6.37. The third kappa shape index (κ3) is 5.23. The van der Waals surface area contributed by atoms with Gasteiger partial charge in [0.1, 0.15) is 17.2 Å². The minimum atomic E-state index is -0.892. The summed E-state index contributed by atoms with van der Waals surface area (Å²) in [6.45, 7) is 8.02. The van der Waals surface area contributed by atoms with Gasteiger partial charge in [-0.25, -0.2) is 4.79 Å². The lowest BCUT2D eigenvalue weighted by molar-refractivity contribution is -0.152. The Hall–Kier alpha value is -3.80. The van der Waals surface area contributed by atoms with E-state index in [0.29, 0.717) is 11.4 Å². The van der Waals surface area contributed by atoms with Gasteiger partial charge in [0.05, 0.1) is 6.61 Å². The summed E-state index contributed by atoms with van der Waals surface area (Å²) in [5.74, 6) is 0.256. The lowest BCUT2D eigenvalue weighted by atomic mass is 9.82. The molecule has 0 aliphatic heterocycles. The summed E-state index contributed by atoms with van der Waals surface area (Å²) >= 11 is 0. The molecule has 1 amide bonds. The number of hydrogen-bond acceptors (Lipinski definition) is 5. The van der Waals surface area contributed by atoms with Crippen molar-refractivity contribution in [2.24, 2.45) is 5.92 Å². The fourth-order valence-electron chi connectivity index (χ4n) is 5.07. The maximum atomic E-state index is 12.3. The van der Waals surface area contributed by atoms with Crippen molar-refractivity contribution < 1.29 is 24.2 Å². The fourth-order valence-corrected chi connectivity index (χ4v) is 5.07. The fraction of sp³-hybridized carbons (Fsp3) is 0.333. The Balaban J connectivity index is 1.67. The zero-order chi connectivity index (χ0) is 25.8. The number of anilines is 1. The number of phenols is 1. The number of carbonyl (C=O) groups is 2. The molecule has 0 aromatic heterocycles. The van der Waals surface area contributed by atoms with E-state index >= 15 is 0 Å². The molecule has 6 heteroatoms. The van der Waals surface area contributed by atoms with Gasteiger partial charge >= 0.3 is 11.9 Å². The minimum Gasteiger partial charge on any atom is -0.508 e. The monoisotopic (exact) mass is 487 g/mol. The van der Waals surface area contributed by atoms with Gasteiger partial charge in [0, 0.05) is 22.7 Å². The summed E-state index contributed by atoms with van der Waals surface area (Å²) in [6.07, 6.45) is 2.54. The van der Waals surface area contributed by atoms with Crippen LogP contribution in [-0.2, 0) is 27.2 Å². The molecule has 2 N–H and O–H groups in total. The molecule has 0 bridgehead atoms. The Morgan fingerprint density at radius 1 is 1.03 bits per heavy atom.